The van der Waals surface area contributed by atoms with Gasteiger partial charge in [0.15, 0.2) is 8.68 Å². The van der Waals surface area contributed by atoms with Gasteiger partial charge in [0.25, 0.3) is 0 Å². The number of amides is 1. The highest BCUT2D eigenvalue weighted by atomic mass is 35.5. The van der Waals surface area contributed by atoms with Crippen molar-refractivity contribution in [1.82, 2.24) is 14.5 Å². The molecule has 0 spiro atoms. The Hall–Kier alpha value is -0.850. The maximum atomic E-state index is 12.5. The van der Waals surface area contributed by atoms with Gasteiger partial charge < -0.3 is 5.32 Å². The molecule has 1 unspecified atom stereocenters. The maximum absolute atomic E-state index is 12.5. The first-order valence-electron chi connectivity index (χ1n) is 8.81. The molecule has 1 amide bonds. The molecule has 29 heavy (non-hydrogen) atoms. The number of thioether (sulfide) groups is 2. The number of unbranched alkanes of at least 4 members (excludes halogenated alkanes) is 1. The number of carbonyl (C=O) groups is 1. The molecule has 0 saturated carbocycles. The number of nitrogens with zero attached hydrogens (tertiary/aromatic N) is 3. The summed E-state index contributed by atoms with van der Waals surface area (Å²) in [5, 5.41) is 10.7. The highest BCUT2D eigenvalue weighted by Crippen LogP contribution is 2.32. The van der Waals surface area contributed by atoms with Gasteiger partial charge in [-0.2, -0.15) is 0 Å². The van der Waals surface area contributed by atoms with Gasteiger partial charge in [-0.3, -0.25) is 4.79 Å². The molecular formula is C17H23ClN4O3S4. The number of sulfonamides is 1. The zero-order chi connectivity index (χ0) is 21.6. The highest BCUT2D eigenvalue weighted by Gasteiger charge is 2.23. The topological polar surface area (TPSA) is 92.3 Å². The van der Waals surface area contributed by atoms with Crippen molar-refractivity contribution in [2.45, 2.75) is 45.5 Å². The number of benzene rings is 1. The molecule has 0 fully saturated rings. The lowest BCUT2D eigenvalue weighted by atomic mass is 10.3. The quantitative estimate of drug-likeness (QED) is 0.385. The van der Waals surface area contributed by atoms with Gasteiger partial charge in [0.05, 0.1) is 10.3 Å². The highest BCUT2D eigenvalue weighted by molar-refractivity contribution is 8.03. The molecule has 1 aromatic heterocycles. The lowest BCUT2D eigenvalue weighted by molar-refractivity contribution is -0.115. The Kier molecular flexibility index (Phi) is 9.23. The summed E-state index contributed by atoms with van der Waals surface area (Å²) in [6.45, 7) is 3.90. The summed E-state index contributed by atoms with van der Waals surface area (Å²) in [7, 11) is -0.869. The van der Waals surface area contributed by atoms with Gasteiger partial charge in [-0.15, -0.1) is 10.2 Å². The van der Waals surface area contributed by atoms with E-state index in [2.05, 4.69) is 22.4 Å². The van der Waals surface area contributed by atoms with Crippen LogP contribution in [-0.4, -0.2) is 53.9 Å². The molecule has 1 N–H and O–H groups in total. The fourth-order valence-corrected chi connectivity index (χ4v) is 6.74. The molecule has 1 heterocycles. The third kappa shape index (κ3) is 6.83. The van der Waals surface area contributed by atoms with Crippen molar-refractivity contribution >= 4 is 68.1 Å². The molecule has 0 radical (unpaired) electrons. The molecule has 1 atom stereocenters. The third-order valence-electron chi connectivity index (χ3n) is 3.72. The van der Waals surface area contributed by atoms with Crippen molar-refractivity contribution in [1.29, 1.82) is 0 Å². The van der Waals surface area contributed by atoms with E-state index in [1.54, 1.807) is 24.8 Å². The van der Waals surface area contributed by atoms with E-state index in [0.717, 1.165) is 31.6 Å². The van der Waals surface area contributed by atoms with Crippen LogP contribution < -0.4 is 5.32 Å². The van der Waals surface area contributed by atoms with Gasteiger partial charge in [-0.25, -0.2) is 12.7 Å². The Balaban J connectivity index is 2.03. The average molecular weight is 495 g/mol. The van der Waals surface area contributed by atoms with Crippen molar-refractivity contribution in [2.75, 3.05) is 25.2 Å². The lowest BCUT2D eigenvalue weighted by Crippen LogP contribution is -2.24. The molecule has 0 aliphatic heterocycles. The second kappa shape index (κ2) is 11.0. The third-order valence-corrected chi connectivity index (χ3v) is 9.34. The van der Waals surface area contributed by atoms with E-state index in [0.29, 0.717) is 5.69 Å². The summed E-state index contributed by atoms with van der Waals surface area (Å²) >= 11 is 10.5. The summed E-state index contributed by atoms with van der Waals surface area (Å²) in [5.41, 5.74) is 0.361. The minimum Gasteiger partial charge on any atom is -0.325 e. The van der Waals surface area contributed by atoms with Gasteiger partial charge in [0, 0.05) is 25.5 Å². The number of nitrogens with one attached hydrogen (secondary N) is 1. The molecule has 0 aliphatic carbocycles. The maximum Gasteiger partial charge on any atom is 0.244 e. The molecule has 12 heteroatoms. The number of anilines is 1. The molecule has 7 nitrogen and oxygen atoms in total. The summed E-state index contributed by atoms with van der Waals surface area (Å²) < 4.78 is 27.4. The van der Waals surface area contributed by atoms with Crippen LogP contribution in [0.3, 0.4) is 0 Å². The van der Waals surface area contributed by atoms with E-state index in [1.807, 2.05) is 0 Å². The van der Waals surface area contributed by atoms with E-state index in [9.17, 15) is 13.2 Å². The molecule has 160 valence electrons. The summed E-state index contributed by atoms with van der Waals surface area (Å²) in [6.07, 6.45) is 2.25. The number of halogens is 1. The smallest absolute Gasteiger partial charge is 0.244 e. The SMILES string of the molecule is CCCCSc1nnc(SC(C)C(=O)Nc2ccc(Cl)c(S(=O)(=O)N(C)C)c2)s1. The molecule has 0 bridgehead atoms. The Labute approximate surface area is 189 Å². The number of hydrogen-bond donors (Lipinski definition) is 1. The second-order valence-electron chi connectivity index (χ2n) is 6.22. The number of carbonyl (C=O) groups excluding carboxylic acids is 1. The number of rotatable bonds is 10. The van der Waals surface area contributed by atoms with E-state index < -0.39 is 15.3 Å². The fraction of sp³-hybridized carbons (Fsp3) is 0.471. The second-order valence-corrected chi connectivity index (χ2v) is 12.7. The summed E-state index contributed by atoms with van der Waals surface area (Å²) in [6, 6.07) is 4.38. The van der Waals surface area contributed by atoms with Crippen molar-refractivity contribution in [3.63, 3.8) is 0 Å². The van der Waals surface area contributed by atoms with Crippen LogP contribution in [0.15, 0.2) is 31.8 Å². The summed E-state index contributed by atoms with van der Waals surface area (Å²) in [5.74, 6) is 0.738. The van der Waals surface area contributed by atoms with Crippen molar-refractivity contribution in [2.24, 2.45) is 0 Å². The van der Waals surface area contributed by atoms with Crippen LogP contribution in [0.1, 0.15) is 26.7 Å². The van der Waals surface area contributed by atoms with Crippen LogP contribution in [0.4, 0.5) is 5.69 Å². The van der Waals surface area contributed by atoms with Gasteiger partial charge in [0.1, 0.15) is 4.90 Å². The Morgan fingerprint density at radius 1 is 1.31 bits per heavy atom. The number of aromatic nitrogens is 2. The molecule has 1 aromatic carbocycles. The van der Waals surface area contributed by atoms with Gasteiger partial charge in [0.2, 0.25) is 15.9 Å². The first kappa shape index (κ1) is 24.4. The van der Waals surface area contributed by atoms with Gasteiger partial charge >= 0.3 is 0 Å². The predicted octanol–water partition coefficient (Wildman–Crippen LogP) is 4.45. The van der Waals surface area contributed by atoms with Crippen LogP contribution in [0.5, 0.6) is 0 Å². The van der Waals surface area contributed by atoms with Gasteiger partial charge in [-0.1, -0.05) is 59.8 Å². The van der Waals surface area contributed by atoms with Gasteiger partial charge in [-0.05, 0) is 31.5 Å². The molecule has 2 rings (SSSR count). The van der Waals surface area contributed by atoms with Crippen molar-refractivity contribution in [3.8, 4) is 0 Å². The molecule has 0 saturated heterocycles. The largest absolute Gasteiger partial charge is 0.325 e. The first-order valence-corrected chi connectivity index (χ1v) is 13.3. The lowest BCUT2D eigenvalue weighted by Gasteiger charge is -2.15. The standard InChI is InChI=1S/C17H23ClN4O3S4/c1-5-6-9-26-16-20-21-17(28-16)27-11(2)15(23)19-12-7-8-13(18)14(10-12)29(24,25)22(3)4/h7-8,10-11H,5-6,9H2,1-4H3,(H,19,23). The van der Waals surface area contributed by atoms with Crippen LogP contribution >= 0.6 is 46.5 Å². The van der Waals surface area contributed by atoms with E-state index in [1.165, 1.54) is 49.3 Å². The minimum atomic E-state index is -3.72. The fourth-order valence-electron chi connectivity index (χ4n) is 2.03. The van der Waals surface area contributed by atoms with Crippen LogP contribution in [0.2, 0.25) is 5.02 Å². The molecule has 2 aromatic rings. The Bertz CT molecular complexity index is 950. The van der Waals surface area contributed by atoms with E-state index in [4.69, 9.17) is 11.6 Å². The first-order chi connectivity index (χ1) is 13.6. The Morgan fingerprint density at radius 3 is 2.66 bits per heavy atom. The van der Waals surface area contributed by atoms with Crippen molar-refractivity contribution < 1.29 is 13.2 Å². The predicted molar refractivity (Wildman–Crippen MR) is 122 cm³/mol. The molecular weight excluding hydrogens is 472 g/mol. The normalized spacial score (nSPS) is 12.9. The van der Waals surface area contributed by atoms with Crippen LogP contribution in [0.25, 0.3) is 0 Å². The Morgan fingerprint density at radius 2 is 2.00 bits per heavy atom. The average Bonchev–Trinajstić information content (AvgIpc) is 3.10. The summed E-state index contributed by atoms with van der Waals surface area (Å²) in [4.78, 5) is 12.5. The molecule has 0 aliphatic rings. The van der Waals surface area contributed by atoms with Crippen LogP contribution in [0, 0.1) is 0 Å². The van der Waals surface area contributed by atoms with E-state index in [-0.39, 0.29) is 15.8 Å². The van der Waals surface area contributed by atoms with E-state index >= 15 is 0 Å². The van der Waals surface area contributed by atoms with Crippen LogP contribution in [-0.2, 0) is 14.8 Å². The number of hydrogen-bond acceptors (Lipinski definition) is 8. The zero-order valence-electron chi connectivity index (χ0n) is 16.5. The zero-order valence-corrected chi connectivity index (χ0v) is 20.5. The minimum absolute atomic E-state index is 0.0554. The van der Waals surface area contributed by atoms with Crippen molar-refractivity contribution in [3.05, 3.63) is 23.2 Å². The monoisotopic (exact) mass is 494 g/mol.